The number of nitrogens with zero attached hydrogens (tertiary/aromatic N) is 2. The molecule has 56 heavy (non-hydrogen) atoms. The number of hydrogen-bond acceptors (Lipinski definition) is 3. The van der Waals surface area contributed by atoms with Gasteiger partial charge in [-0.1, -0.05) is 182 Å². The van der Waals surface area contributed by atoms with Crippen molar-refractivity contribution in [3.05, 3.63) is 229 Å². The summed E-state index contributed by atoms with van der Waals surface area (Å²) >= 11 is 0. The molecule has 10 aromatic rings. The molecule has 3 nitrogen and oxygen atoms in total. The molecule has 0 fully saturated rings. The van der Waals surface area contributed by atoms with Gasteiger partial charge in [-0.05, 0) is 68.8 Å². The average molecular weight is 715 g/mol. The van der Waals surface area contributed by atoms with Gasteiger partial charge in [-0.3, -0.25) is 0 Å². The van der Waals surface area contributed by atoms with Crippen molar-refractivity contribution in [3.8, 4) is 56.2 Å². The molecular weight excluding hydrogens is 681 g/mol. The Morgan fingerprint density at radius 3 is 1.57 bits per heavy atom. The molecule has 0 saturated carbocycles. The maximum atomic E-state index is 6.72. The fraction of sp³-hybridized carbons (Fsp3) is 0.0189. The van der Waals surface area contributed by atoms with Gasteiger partial charge in [-0.15, -0.1) is 0 Å². The number of rotatable bonds is 6. The van der Waals surface area contributed by atoms with Crippen molar-refractivity contribution >= 4 is 21.9 Å². The predicted molar refractivity (Wildman–Crippen MR) is 228 cm³/mol. The zero-order chi connectivity index (χ0) is 37.1. The molecule has 0 spiro atoms. The van der Waals surface area contributed by atoms with Crippen LogP contribution in [0, 0.1) is 0 Å². The Balaban J connectivity index is 1.23. The normalized spacial score (nSPS) is 12.8. The number of benzene rings is 8. The first-order valence-corrected chi connectivity index (χ1v) is 19.1. The van der Waals surface area contributed by atoms with E-state index in [-0.39, 0.29) is 0 Å². The summed E-state index contributed by atoms with van der Waals surface area (Å²) < 4.78 is 6.72. The minimum absolute atomic E-state index is 0.517. The lowest BCUT2D eigenvalue weighted by molar-refractivity contribution is 0.669. The van der Waals surface area contributed by atoms with Gasteiger partial charge in [0.2, 0.25) is 0 Å². The molecule has 0 atom stereocenters. The van der Waals surface area contributed by atoms with E-state index in [1.54, 1.807) is 0 Å². The second-order valence-electron chi connectivity index (χ2n) is 14.4. The van der Waals surface area contributed by atoms with Gasteiger partial charge >= 0.3 is 0 Å². The molecule has 0 radical (unpaired) electrons. The molecule has 0 amide bonds. The van der Waals surface area contributed by atoms with Crippen molar-refractivity contribution in [3.63, 3.8) is 0 Å². The van der Waals surface area contributed by atoms with E-state index < -0.39 is 5.41 Å². The quantitative estimate of drug-likeness (QED) is 0.172. The Kier molecular flexibility index (Phi) is 7.39. The molecule has 11 rings (SSSR count). The lowest BCUT2D eigenvalue weighted by Gasteiger charge is -2.34. The van der Waals surface area contributed by atoms with Crippen LogP contribution in [0.2, 0.25) is 0 Å². The number of furan rings is 1. The monoisotopic (exact) mass is 714 g/mol. The molecule has 8 aromatic carbocycles. The topological polar surface area (TPSA) is 38.9 Å². The van der Waals surface area contributed by atoms with E-state index in [4.69, 9.17) is 14.4 Å². The summed E-state index contributed by atoms with van der Waals surface area (Å²) in [6.07, 6.45) is 0. The van der Waals surface area contributed by atoms with Gasteiger partial charge in [-0.2, -0.15) is 0 Å². The van der Waals surface area contributed by atoms with Crippen molar-refractivity contribution < 1.29 is 4.42 Å². The summed E-state index contributed by atoms with van der Waals surface area (Å²) in [4.78, 5) is 10.5. The summed E-state index contributed by atoms with van der Waals surface area (Å²) in [6, 6.07) is 73.2. The minimum Gasteiger partial charge on any atom is -0.456 e. The zero-order valence-corrected chi connectivity index (χ0v) is 30.4. The molecule has 2 heterocycles. The standard InChI is InChI=1S/C53H34N2O/c1-5-18-35(19-6-1)46-34-47(36-20-7-2-8-21-36)55-52(54-46)37-32-43(51-42-27-14-16-31-48(42)56-49(51)33-37)40-28-17-30-45-50(40)41-26-13-15-29-44(41)53(45,38-22-9-3-10-23-38)39-24-11-4-12-25-39/h1-34H. The van der Waals surface area contributed by atoms with Crippen LogP contribution in [-0.2, 0) is 5.41 Å². The highest BCUT2D eigenvalue weighted by molar-refractivity contribution is 6.15. The smallest absolute Gasteiger partial charge is 0.160 e. The number of aromatic nitrogens is 2. The third-order valence-electron chi connectivity index (χ3n) is 11.4. The van der Waals surface area contributed by atoms with E-state index >= 15 is 0 Å². The highest BCUT2D eigenvalue weighted by Crippen LogP contribution is 2.59. The third kappa shape index (κ3) is 4.91. The van der Waals surface area contributed by atoms with Crippen LogP contribution in [0.3, 0.4) is 0 Å². The molecule has 0 unspecified atom stereocenters. The predicted octanol–water partition coefficient (Wildman–Crippen LogP) is 13.4. The maximum Gasteiger partial charge on any atom is 0.160 e. The number of hydrogen-bond donors (Lipinski definition) is 0. The van der Waals surface area contributed by atoms with E-state index in [0.717, 1.165) is 61.1 Å². The first-order chi connectivity index (χ1) is 27.8. The molecule has 1 aliphatic rings. The summed E-state index contributed by atoms with van der Waals surface area (Å²) in [5, 5.41) is 2.16. The average Bonchev–Trinajstić information content (AvgIpc) is 3.81. The first kappa shape index (κ1) is 32.1. The van der Waals surface area contributed by atoms with Crippen LogP contribution in [0.5, 0.6) is 0 Å². The van der Waals surface area contributed by atoms with Crippen LogP contribution < -0.4 is 0 Å². The molecule has 2 aromatic heterocycles. The number of para-hydroxylation sites is 1. The van der Waals surface area contributed by atoms with Crippen LogP contribution in [0.25, 0.3) is 78.1 Å². The highest BCUT2D eigenvalue weighted by atomic mass is 16.3. The molecular formula is C53H34N2O. The highest BCUT2D eigenvalue weighted by Gasteiger charge is 2.46. The molecule has 0 saturated heterocycles. The van der Waals surface area contributed by atoms with Crippen LogP contribution in [0.1, 0.15) is 22.3 Å². The van der Waals surface area contributed by atoms with Crippen LogP contribution in [0.4, 0.5) is 0 Å². The Bertz CT molecular complexity index is 2960. The summed E-state index contributed by atoms with van der Waals surface area (Å²) in [5.74, 6) is 0.643. The summed E-state index contributed by atoms with van der Waals surface area (Å²) in [5.41, 5.74) is 15.5. The summed E-state index contributed by atoms with van der Waals surface area (Å²) in [7, 11) is 0. The van der Waals surface area contributed by atoms with Gasteiger partial charge in [0, 0.05) is 27.5 Å². The van der Waals surface area contributed by atoms with Crippen molar-refractivity contribution in [2.45, 2.75) is 5.41 Å². The molecule has 3 heteroatoms. The van der Waals surface area contributed by atoms with Crippen molar-refractivity contribution in [2.24, 2.45) is 0 Å². The minimum atomic E-state index is -0.517. The van der Waals surface area contributed by atoms with E-state index in [9.17, 15) is 0 Å². The lowest BCUT2D eigenvalue weighted by Crippen LogP contribution is -2.28. The fourth-order valence-corrected chi connectivity index (χ4v) is 9.00. The van der Waals surface area contributed by atoms with Gasteiger partial charge in [0.15, 0.2) is 5.82 Å². The Hall–Kier alpha value is -7.36. The maximum absolute atomic E-state index is 6.72. The summed E-state index contributed by atoms with van der Waals surface area (Å²) in [6.45, 7) is 0. The molecule has 1 aliphatic carbocycles. The fourth-order valence-electron chi connectivity index (χ4n) is 9.00. The van der Waals surface area contributed by atoms with E-state index in [0.29, 0.717) is 5.82 Å². The van der Waals surface area contributed by atoms with E-state index in [1.165, 1.54) is 33.4 Å². The second kappa shape index (κ2) is 12.9. The Labute approximate surface area is 325 Å². The molecule has 0 aliphatic heterocycles. The molecule has 0 bridgehead atoms. The van der Waals surface area contributed by atoms with Crippen molar-refractivity contribution in [2.75, 3.05) is 0 Å². The molecule has 0 N–H and O–H groups in total. The third-order valence-corrected chi connectivity index (χ3v) is 11.4. The van der Waals surface area contributed by atoms with Crippen LogP contribution >= 0.6 is 0 Å². The van der Waals surface area contributed by atoms with Crippen LogP contribution in [0.15, 0.2) is 211 Å². The van der Waals surface area contributed by atoms with Gasteiger partial charge in [0.25, 0.3) is 0 Å². The first-order valence-electron chi connectivity index (χ1n) is 19.1. The Morgan fingerprint density at radius 1 is 0.375 bits per heavy atom. The second-order valence-corrected chi connectivity index (χ2v) is 14.4. The van der Waals surface area contributed by atoms with Gasteiger partial charge < -0.3 is 4.42 Å². The zero-order valence-electron chi connectivity index (χ0n) is 30.4. The van der Waals surface area contributed by atoms with Crippen molar-refractivity contribution in [1.82, 2.24) is 9.97 Å². The Morgan fingerprint density at radius 2 is 0.911 bits per heavy atom. The van der Waals surface area contributed by atoms with Crippen molar-refractivity contribution in [1.29, 1.82) is 0 Å². The van der Waals surface area contributed by atoms with Gasteiger partial charge in [0.1, 0.15) is 11.2 Å². The largest absolute Gasteiger partial charge is 0.456 e. The number of fused-ring (bicyclic) bond motifs is 6. The van der Waals surface area contributed by atoms with Crippen LogP contribution in [-0.4, -0.2) is 9.97 Å². The van der Waals surface area contributed by atoms with E-state index in [2.05, 4.69) is 188 Å². The lowest BCUT2D eigenvalue weighted by atomic mass is 9.67. The van der Waals surface area contributed by atoms with Gasteiger partial charge in [-0.25, -0.2) is 9.97 Å². The van der Waals surface area contributed by atoms with E-state index in [1.807, 2.05) is 18.2 Å². The van der Waals surface area contributed by atoms with Gasteiger partial charge in [0.05, 0.1) is 16.8 Å². The molecule has 262 valence electrons. The SMILES string of the molecule is c1ccc(-c2cc(-c3ccccc3)nc(-c3cc(-c4cccc5c4-c4ccccc4C5(c4ccccc4)c4ccccc4)c4c(c3)oc3ccccc34)n2)cc1.